The molecule has 0 radical (unpaired) electrons. The Balaban J connectivity index is 1.84. The van der Waals surface area contributed by atoms with Gasteiger partial charge in [-0.2, -0.15) is 0 Å². The smallest absolute Gasteiger partial charge is 0.490 e. The van der Waals surface area contributed by atoms with Gasteiger partial charge in [0, 0.05) is 6.07 Å². The van der Waals surface area contributed by atoms with Crippen LogP contribution in [0.5, 0.6) is 11.5 Å². The van der Waals surface area contributed by atoms with E-state index in [1.165, 1.54) is 12.1 Å². The van der Waals surface area contributed by atoms with E-state index in [9.17, 15) is 18.0 Å². The van der Waals surface area contributed by atoms with Crippen molar-refractivity contribution in [1.82, 2.24) is 0 Å². The van der Waals surface area contributed by atoms with Crippen LogP contribution < -0.4 is 9.47 Å². The third-order valence-corrected chi connectivity index (χ3v) is 5.33. The molecule has 0 saturated heterocycles. The highest BCUT2D eigenvalue weighted by Gasteiger charge is 2.35. The summed E-state index contributed by atoms with van der Waals surface area (Å²) in [6.07, 6.45) is 0.312. The zero-order chi connectivity index (χ0) is 19.6. The van der Waals surface area contributed by atoms with E-state index in [1.54, 1.807) is 0 Å². The molecule has 2 aliphatic rings. The Morgan fingerprint density at radius 2 is 1.89 bits per heavy atom. The van der Waals surface area contributed by atoms with Crippen LogP contribution in [0.2, 0.25) is 0 Å². The molecule has 0 N–H and O–H groups in total. The van der Waals surface area contributed by atoms with Crippen LogP contribution in [0.25, 0.3) is 0 Å². The van der Waals surface area contributed by atoms with Crippen molar-refractivity contribution in [1.29, 1.82) is 0 Å². The molecule has 1 atom stereocenters. The molecule has 1 aliphatic carbocycles. The highest BCUT2D eigenvalue weighted by atomic mass is 19.4. The van der Waals surface area contributed by atoms with E-state index in [2.05, 4.69) is 11.7 Å². The Morgan fingerprint density at radius 3 is 2.52 bits per heavy atom. The largest absolute Gasteiger partial charge is 0.573 e. The lowest BCUT2D eigenvalue weighted by atomic mass is 9.89. The number of benzene rings is 1. The molecular formula is C20H25F3O4. The second kappa shape index (κ2) is 7.98. The van der Waals surface area contributed by atoms with Crippen LogP contribution in [0, 0.1) is 5.92 Å². The summed E-state index contributed by atoms with van der Waals surface area (Å²) in [7, 11) is 0. The monoisotopic (exact) mass is 386 g/mol. The first kappa shape index (κ1) is 19.8. The third-order valence-electron chi connectivity index (χ3n) is 5.33. The maximum atomic E-state index is 12.8. The van der Waals surface area contributed by atoms with E-state index in [1.807, 2.05) is 6.92 Å². The van der Waals surface area contributed by atoms with Crippen molar-refractivity contribution >= 4 is 5.97 Å². The molecule has 150 valence electrons. The lowest BCUT2D eigenvalue weighted by Crippen LogP contribution is -2.26. The van der Waals surface area contributed by atoms with Gasteiger partial charge in [-0.1, -0.05) is 13.8 Å². The normalized spacial score (nSPS) is 25.3. The van der Waals surface area contributed by atoms with E-state index in [-0.39, 0.29) is 17.8 Å². The molecule has 1 aromatic carbocycles. The van der Waals surface area contributed by atoms with Crippen LogP contribution >= 0.6 is 0 Å². The van der Waals surface area contributed by atoms with Gasteiger partial charge in [-0.25, -0.2) is 4.79 Å². The number of carbonyl (C=O) groups excluding carboxylic acids is 1. The number of alkyl halides is 3. The molecule has 7 heteroatoms. The number of fused-ring (bicyclic) bond motifs is 1. The number of halogens is 3. The lowest BCUT2D eigenvalue weighted by molar-refractivity contribution is -0.274. The Labute approximate surface area is 157 Å². The van der Waals surface area contributed by atoms with E-state index < -0.39 is 18.1 Å². The maximum absolute atomic E-state index is 12.8. The minimum atomic E-state index is -4.90. The van der Waals surface area contributed by atoms with Gasteiger partial charge < -0.3 is 14.2 Å². The third kappa shape index (κ3) is 5.08. The number of esters is 1. The summed E-state index contributed by atoms with van der Waals surface area (Å²) in [5.74, 6) is -0.409. The number of carbonyl (C=O) groups is 1. The summed E-state index contributed by atoms with van der Waals surface area (Å²) in [5.41, 5.74) is 0.515. The predicted molar refractivity (Wildman–Crippen MR) is 93.0 cm³/mol. The Hall–Kier alpha value is -1.92. The molecule has 27 heavy (non-hydrogen) atoms. The van der Waals surface area contributed by atoms with Crippen LogP contribution in [-0.2, 0) is 11.2 Å². The minimum Gasteiger partial charge on any atom is -0.490 e. The average Bonchev–Trinajstić information content (AvgIpc) is 2.61. The van der Waals surface area contributed by atoms with Gasteiger partial charge >= 0.3 is 12.3 Å². The van der Waals surface area contributed by atoms with E-state index in [4.69, 9.17) is 9.47 Å². The lowest BCUT2D eigenvalue weighted by Gasteiger charge is -2.28. The van der Waals surface area contributed by atoms with Crippen LogP contribution in [0.4, 0.5) is 13.2 Å². The van der Waals surface area contributed by atoms with Crippen molar-refractivity contribution < 1.29 is 32.2 Å². The number of aryl methyl sites for hydroxylation is 1. The number of ether oxygens (including phenoxy) is 3. The summed E-state index contributed by atoms with van der Waals surface area (Å²) in [6, 6.07) is 2.60. The molecule has 1 fully saturated rings. The fourth-order valence-electron chi connectivity index (χ4n) is 3.68. The SMILES string of the molecule is CCC1CCc2cc(C(=O)OC3CCC(C)CC3)c(OC(F)(F)F)cc2O1. The van der Waals surface area contributed by atoms with Crippen molar-refractivity contribution in [3.05, 3.63) is 23.3 Å². The minimum absolute atomic E-state index is 0.0433. The number of hydrogen-bond donors (Lipinski definition) is 0. The van der Waals surface area contributed by atoms with Gasteiger partial charge in [-0.05, 0) is 62.5 Å². The number of hydrogen-bond acceptors (Lipinski definition) is 4. The van der Waals surface area contributed by atoms with Gasteiger partial charge in [0.1, 0.15) is 23.2 Å². The first-order chi connectivity index (χ1) is 12.7. The molecular weight excluding hydrogens is 361 g/mol. The van der Waals surface area contributed by atoms with E-state index in [0.29, 0.717) is 23.7 Å². The molecule has 0 bridgehead atoms. The molecule has 0 amide bonds. The molecule has 1 heterocycles. The Morgan fingerprint density at radius 1 is 1.19 bits per heavy atom. The highest BCUT2D eigenvalue weighted by Crippen LogP contribution is 2.38. The van der Waals surface area contributed by atoms with Crippen LogP contribution in [-0.4, -0.2) is 24.5 Å². The molecule has 0 spiro atoms. The van der Waals surface area contributed by atoms with Crippen LogP contribution in [0.1, 0.15) is 68.3 Å². The Kier molecular flexibility index (Phi) is 5.86. The summed E-state index contributed by atoms with van der Waals surface area (Å²) >= 11 is 0. The molecule has 3 rings (SSSR count). The van der Waals surface area contributed by atoms with Gasteiger partial charge in [0.15, 0.2) is 0 Å². The second-order valence-electron chi connectivity index (χ2n) is 7.48. The first-order valence-corrected chi connectivity index (χ1v) is 9.55. The summed E-state index contributed by atoms with van der Waals surface area (Å²) < 4.78 is 53.9. The Bertz CT molecular complexity index is 679. The predicted octanol–water partition coefficient (Wildman–Crippen LogP) is 5.42. The summed E-state index contributed by atoms with van der Waals surface area (Å²) in [4.78, 5) is 12.6. The average molecular weight is 386 g/mol. The highest BCUT2D eigenvalue weighted by molar-refractivity contribution is 5.93. The van der Waals surface area contributed by atoms with Gasteiger partial charge in [0.05, 0.1) is 6.10 Å². The van der Waals surface area contributed by atoms with E-state index >= 15 is 0 Å². The molecule has 0 aromatic heterocycles. The van der Waals surface area contributed by atoms with Crippen LogP contribution in [0.3, 0.4) is 0 Å². The van der Waals surface area contributed by atoms with Gasteiger partial charge in [-0.15, -0.1) is 13.2 Å². The fraction of sp³-hybridized carbons (Fsp3) is 0.650. The van der Waals surface area contributed by atoms with Crippen molar-refractivity contribution in [2.75, 3.05) is 0 Å². The summed E-state index contributed by atoms with van der Waals surface area (Å²) in [6.45, 7) is 4.10. The van der Waals surface area contributed by atoms with Crippen molar-refractivity contribution in [3.63, 3.8) is 0 Å². The molecule has 4 nitrogen and oxygen atoms in total. The topological polar surface area (TPSA) is 44.8 Å². The molecule has 1 aliphatic heterocycles. The van der Waals surface area contributed by atoms with Gasteiger partial charge in [0.25, 0.3) is 0 Å². The maximum Gasteiger partial charge on any atom is 0.573 e. The van der Waals surface area contributed by atoms with Gasteiger partial charge in [0.2, 0.25) is 0 Å². The standard InChI is InChI=1S/C20H25F3O4/c1-3-14-9-6-13-10-16(18(11-17(13)25-14)27-20(21,22)23)19(24)26-15-7-4-12(2)5-8-15/h10-12,14-15H,3-9H2,1-2H3. The number of rotatable bonds is 4. The quantitative estimate of drug-likeness (QED) is 0.648. The van der Waals surface area contributed by atoms with Gasteiger partial charge in [-0.3, -0.25) is 0 Å². The zero-order valence-electron chi connectivity index (χ0n) is 15.6. The van der Waals surface area contributed by atoms with Crippen molar-refractivity contribution in [2.45, 2.75) is 77.4 Å². The van der Waals surface area contributed by atoms with Crippen molar-refractivity contribution in [3.8, 4) is 11.5 Å². The van der Waals surface area contributed by atoms with Crippen LogP contribution in [0.15, 0.2) is 12.1 Å². The van der Waals surface area contributed by atoms with E-state index in [0.717, 1.165) is 38.5 Å². The molecule has 1 saturated carbocycles. The van der Waals surface area contributed by atoms with Crippen molar-refractivity contribution in [2.24, 2.45) is 5.92 Å². The molecule has 1 unspecified atom stereocenters. The first-order valence-electron chi connectivity index (χ1n) is 9.55. The molecule has 1 aromatic rings. The summed E-state index contributed by atoms with van der Waals surface area (Å²) in [5, 5.41) is 0. The second-order valence-corrected chi connectivity index (χ2v) is 7.48. The zero-order valence-corrected chi connectivity index (χ0v) is 15.6. The fourth-order valence-corrected chi connectivity index (χ4v) is 3.68.